The molecule has 2 aromatic heterocycles. The van der Waals surface area contributed by atoms with Gasteiger partial charge in [-0.25, -0.2) is 4.98 Å². The Labute approximate surface area is 220 Å². The highest BCUT2D eigenvalue weighted by Crippen LogP contribution is 2.32. The van der Waals surface area contributed by atoms with Gasteiger partial charge in [-0.2, -0.15) is 0 Å². The summed E-state index contributed by atoms with van der Waals surface area (Å²) in [6.07, 6.45) is 2.92. The molecule has 194 valence electrons. The number of hydrogen-bond donors (Lipinski definition) is 2. The van der Waals surface area contributed by atoms with Gasteiger partial charge < -0.3 is 19.7 Å². The van der Waals surface area contributed by atoms with Crippen molar-refractivity contribution in [1.82, 2.24) is 25.5 Å². The normalized spacial score (nSPS) is 14.9. The number of benzene rings is 2. The van der Waals surface area contributed by atoms with Crippen molar-refractivity contribution >= 4 is 17.5 Å². The van der Waals surface area contributed by atoms with Crippen molar-refractivity contribution in [2.45, 2.75) is 25.5 Å². The zero-order valence-electron chi connectivity index (χ0n) is 21.0. The van der Waals surface area contributed by atoms with Gasteiger partial charge in [-0.3, -0.25) is 19.7 Å². The monoisotopic (exact) mass is 512 g/mol. The van der Waals surface area contributed by atoms with E-state index in [0.29, 0.717) is 43.3 Å². The number of amides is 2. The summed E-state index contributed by atoms with van der Waals surface area (Å²) in [7, 11) is 1.67. The molecule has 1 unspecified atom stereocenters. The summed E-state index contributed by atoms with van der Waals surface area (Å²) in [6, 6.07) is 20.3. The Balaban J connectivity index is 1.18. The van der Waals surface area contributed by atoms with Gasteiger partial charge in [-0.1, -0.05) is 42.5 Å². The first kappa shape index (κ1) is 25.1. The van der Waals surface area contributed by atoms with Crippen molar-refractivity contribution < 1.29 is 19.1 Å². The van der Waals surface area contributed by atoms with Crippen molar-refractivity contribution in [3.63, 3.8) is 0 Å². The molecule has 0 saturated carbocycles. The third-order valence-corrected chi connectivity index (χ3v) is 6.18. The minimum atomic E-state index is -0.888. The molecule has 0 saturated heterocycles. The van der Waals surface area contributed by atoms with E-state index in [1.54, 1.807) is 13.2 Å². The third-order valence-electron chi connectivity index (χ3n) is 6.18. The number of carbonyl (C=O) groups excluding carboxylic acids is 2. The molecule has 0 fully saturated rings. The number of pyridine rings is 1. The Morgan fingerprint density at radius 1 is 1.13 bits per heavy atom. The third kappa shape index (κ3) is 6.04. The van der Waals surface area contributed by atoms with Crippen LogP contribution in [0.15, 0.2) is 72.9 Å². The van der Waals surface area contributed by atoms with Crippen molar-refractivity contribution in [2.75, 3.05) is 25.2 Å². The fraction of sp³-hybridized carbons (Fsp3) is 0.250. The highest BCUT2D eigenvalue weighted by molar-refractivity contribution is 6.02. The largest absolute Gasteiger partial charge is 0.489 e. The SMILES string of the molecule is CN1C(=O)C(NC(=O)c2n[nH]c(Cc3ccccc3)n2)COc2ccc(CCOCc3ccccn3)cc21. The second-order valence-electron chi connectivity index (χ2n) is 8.93. The lowest BCUT2D eigenvalue weighted by Crippen LogP contribution is -2.49. The summed E-state index contributed by atoms with van der Waals surface area (Å²) in [5.74, 6) is 0.263. The van der Waals surface area contributed by atoms with E-state index in [9.17, 15) is 9.59 Å². The average Bonchev–Trinajstić information content (AvgIpc) is 3.38. The van der Waals surface area contributed by atoms with Gasteiger partial charge in [0.25, 0.3) is 11.8 Å². The number of ether oxygens (including phenoxy) is 2. The summed E-state index contributed by atoms with van der Waals surface area (Å²) in [5, 5.41) is 9.53. The molecule has 3 heterocycles. The number of aromatic amines is 1. The lowest BCUT2D eigenvalue weighted by Gasteiger charge is -2.20. The number of nitrogens with zero attached hydrogens (tertiary/aromatic N) is 4. The number of anilines is 1. The van der Waals surface area contributed by atoms with Crippen LogP contribution in [0.4, 0.5) is 5.69 Å². The minimum Gasteiger partial charge on any atom is -0.489 e. The molecule has 2 amide bonds. The Hall–Kier alpha value is -4.57. The van der Waals surface area contributed by atoms with Gasteiger partial charge in [0.05, 0.1) is 24.6 Å². The lowest BCUT2D eigenvalue weighted by atomic mass is 10.1. The van der Waals surface area contributed by atoms with Crippen LogP contribution in [0.25, 0.3) is 0 Å². The molecule has 0 radical (unpaired) electrons. The second-order valence-corrected chi connectivity index (χ2v) is 8.93. The number of H-pyrrole nitrogens is 1. The summed E-state index contributed by atoms with van der Waals surface area (Å²) < 4.78 is 11.6. The molecule has 0 aliphatic carbocycles. The molecule has 0 spiro atoms. The average molecular weight is 513 g/mol. The van der Waals surface area contributed by atoms with E-state index in [2.05, 4.69) is 25.5 Å². The maximum absolute atomic E-state index is 13.2. The molecule has 0 bridgehead atoms. The lowest BCUT2D eigenvalue weighted by molar-refractivity contribution is -0.120. The molecule has 2 aromatic carbocycles. The molecule has 1 aliphatic heterocycles. The van der Waals surface area contributed by atoms with E-state index in [-0.39, 0.29) is 18.3 Å². The van der Waals surface area contributed by atoms with E-state index in [0.717, 1.165) is 16.8 Å². The van der Waals surface area contributed by atoms with Crippen LogP contribution in [0, 0.1) is 0 Å². The minimum absolute atomic E-state index is 0.00422. The van der Waals surface area contributed by atoms with E-state index in [1.807, 2.05) is 66.7 Å². The van der Waals surface area contributed by atoms with Gasteiger partial charge in [-0.15, -0.1) is 5.10 Å². The molecular formula is C28H28N6O4. The zero-order chi connectivity index (χ0) is 26.3. The predicted molar refractivity (Wildman–Crippen MR) is 140 cm³/mol. The Bertz CT molecular complexity index is 1390. The number of likely N-dealkylation sites (N-methyl/N-ethyl adjacent to an activating group) is 1. The number of fused-ring (bicyclic) bond motifs is 1. The van der Waals surface area contributed by atoms with Crippen LogP contribution in [-0.4, -0.2) is 58.3 Å². The number of rotatable bonds is 9. The Morgan fingerprint density at radius 2 is 1.97 bits per heavy atom. The summed E-state index contributed by atoms with van der Waals surface area (Å²) in [5.41, 5.74) is 3.55. The second kappa shape index (κ2) is 11.7. The molecule has 38 heavy (non-hydrogen) atoms. The van der Waals surface area contributed by atoms with Crippen LogP contribution in [0.3, 0.4) is 0 Å². The molecule has 1 aliphatic rings. The maximum Gasteiger partial charge on any atom is 0.291 e. The van der Waals surface area contributed by atoms with Crippen LogP contribution in [0.5, 0.6) is 5.75 Å². The van der Waals surface area contributed by atoms with E-state index < -0.39 is 11.9 Å². The highest BCUT2D eigenvalue weighted by Gasteiger charge is 2.31. The molecule has 10 heteroatoms. The van der Waals surface area contributed by atoms with Crippen molar-refractivity contribution in [3.8, 4) is 5.75 Å². The van der Waals surface area contributed by atoms with Crippen LogP contribution in [0.1, 0.15) is 33.3 Å². The number of nitrogens with one attached hydrogen (secondary N) is 2. The quantitative estimate of drug-likeness (QED) is 0.331. The van der Waals surface area contributed by atoms with Crippen LogP contribution < -0.4 is 15.0 Å². The number of aromatic nitrogens is 4. The molecule has 1 atom stereocenters. The fourth-order valence-corrected chi connectivity index (χ4v) is 4.14. The zero-order valence-corrected chi connectivity index (χ0v) is 21.0. The summed E-state index contributed by atoms with van der Waals surface area (Å²) in [6.45, 7) is 0.943. The molecule has 5 rings (SSSR count). The Morgan fingerprint density at radius 3 is 2.79 bits per heavy atom. The fourth-order valence-electron chi connectivity index (χ4n) is 4.14. The topological polar surface area (TPSA) is 122 Å². The van der Waals surface area contributed by atoms with Crippen molar-refractivity contribution in [2.24, 2.45) is 0 Å². The number of hydrogen-bond acceptors (Lipinski definition) is 7. The van der Waals surface area contributed by atoms with E-state index in [4.69, 9.17) is 9.47 Å². The van der Waals surface area contributed by atoms with E-state index >= 15 is 0 Å². The first-order valence-electron chi connectivity index (χ1n) is 12.3. The first-order valence-corrected chi connectivity index (χ1v) is 12.3. The standard InChI is InChI=1S/C28H28N6O4/c1-34-23-15-20(12-14-37-17-21-9-5-6-13-29-21)10-11-24(23)38-18-22(28(34)36)30-27(35)26-31-25(32-33-26)16-19-7-3-2-4-8-19/h2-11,13,15,22H,12,14,16-18H2,1H3,(H,30,35)(H,31,32,33). The van der Waals surface area contributed by atoms with Crippen LogP contribution in [-0.2, 0) is 29.0 Å². The Kier molecular flexibility index (Phi) is 7.70. The van der Waals surface area contributed by atoms with E-state index in [1.165, 1.54) is 4.90 Å². The van der Waals surface area contributed by atoms with Crippen LogP contribution >= 0.6 is 0 Å². The highest BCUT2D eigenvalue weighted by atomic mass is 16.5. The van der Waals surface area contributed by atoms with Gasteiger partial charge >= 0.3 is 0 Å². The number of carbonyl (C=O) groups is 2. The van der Waals surface area contributed by atoms with Gasteiger partial charge in [0.1, 0.15) is 24.2 Å². The molecule has 2 N–H and O–H groups in total. The molecular weight excluding hydrogens is 484 g/mol. The molecule has 10 nitrogen and oxygen atoms in total. The molecule has 4 aromatic rings. The smallest absolute Gasteiger partial charge is 0.291 e. The first-order chi connectivity index (χ1) is 18.6. The summed E-state index contributed by atoms with van der Waals surface area (Å²) >= 11 is 0. The van der Waals surface area contributed by atoms with Crippen molar-refractivity contribution in [3.05, 3.63) is 101 Å². The van der Waals surface area contributed by atoms with Gasteiger partial charge in [0, 0.05) is 19.7 Å². The van der Waals surface area contributed by atoms with Crippen molar-refractivity contribution in [1.29, 1.82) is 0 Å². The van der Waals surface area contributed by atoms with Gasteiger partial charge in [0.15, 0.2) is 0 Å². The predicted octanol–water partition coefficient (Wildman–Crippen LogP) is 2.70. The summed E-state index contributed by atoms with van der Waals surface area (Å²) in [4.78, 5) is 36.1. The van der Waals surface area contributed by atoms with Crippen LogP contribution in [0.2, 0.25) is 0 Å². The van der Waals surface area contributed by atoms with Gasteiger partial charge in [-0.05, 0) is 41.8 Å². The van der Waals surface area contributed by atoms with Gasteiger partial charge in [0.2, 0.25) is 5.82 Å². The maximum atomic E-state index is 13.2.